The standard InChI is InChI=1S/C17H19NO/c19-16-6-2-3-13-14(16)4-1-5-15(13)18-17(11-7-8-11)12-9-10-12/h1-6,11-12,17-19H,7-10H2. The second kappa shape index (κ2) is 4.16. The molecule has 2 aromatic carbocycles. The zero-order chi connectivity index (χ0) is 12.8. The normalized spacial score (nSPS) is 19.0. The topological polar surface area (TPSA) is 32.3 Å². The second-order valence-corrected chi connectivity index (χ2v) is 6.02. The molecule has 2 aliphatic rings. The number of hydrogen-bond acceptors (Lipinski definition) is 2. The van der Waals surface area contributed by atoms with Gasteiger partial charge in [-0.05, 0) is 49.7 Å². The lowest BCUT2D eigenvalue weighted by Gasteiger charge is -2.20. The van der Waals surface area contributed by atoms with Crippen LogP contribution in [0.5, 0.6) is 5.75 Å². The van der Waals surface area contributed by atoms with E-state index in [1.807, 2.05) is 18.2 Å². The summed E-state index contributed by atoms with van der Waals surface area (Å²) >= 11 is 0. The maximum atomic E-state index is 9.95. The summed E-state index contributed by atoms with van der Waals surface area (Å²) in [5.74, 6) is 2.12. The molecule has 0 heterocycles. The molecule has 98 valence electrons. The molecule has 0 amide bonds. The Bertz CT molecular complexity index is 602. The van der Waals surface area contributed by atoms with Crippen LogP contribution >= 0.6 is 0 Å². The Morgan fingerprint density at radius 3 is 2.21 bits per heavy atom. The van der Waals surface area contributed by atoms with Gasteiger partial charge in [0.15, 0.2) is 0 Å². The van der Waals surface area contributed by atoms with Crippen LogP contribution in [-0.4, -0.2) is 11.1 Å². The van der Waals surface area contributed by atoms with Gasteiger partial charge < -0.3 is 10.4 Å². The van der Waals surface area contributed by atoms with E-state index in [4.69, 9.17) is 0 Å². The smallest absolute Gasteiger partial charge is 0.123 e. The number of aromatic hydroxyl groups is 1. The van der Waals surface area contributed by atoms with Crippen molar-refractivity contribution in [3.8, 4) is 5.75 Å². The van der Waals surface area contributed by atoms with Gasteiger partial charge in [0.25, 0.3) is 0 Å². The Hall–Kier alpha value is -1.70. The van der Waals surface area contributed by atoms with Crippen LogP contribution in [0, 0.1) is 11.8 Å². The maximum Gasteiger partial charge on any atom is 0.123 e. The fourth-order valence-electron chi connectivity index (χ4n) is 3.13. The van der Waals surface area contributed by atoms with Crippen LogP contribution in [-0.2, 0) is 0 Å². The molecule has 2 nitrogen and oxygen atoms in total. The van der Waals surface area contributed by atoms with Crippen molar-refractivity contribution in [2.75, 3.05) is 5.32 Å². The summed E-state index contributed by atoms with van der Waals surface area (Å²) in [4.78, 5) is 0. The van der Waals surface area contributed by atoms with E-state index in [0.29, 0.717) is 11.8 Å². The van der Waals surface area contributed by atoms with Crippen LogP contribution in [0.2, 0.25) is 0 Å². The highest BCUT2D eigenvalue weighted by molar-refractivity contribution is 5.97. The molecule has 0 aromatic heterocycles. The van der Waals surface area contributed by atoms with Gasteiger partial charge in [0.2, 0.25) is 0 Å². The van der Waals surface area contributed by atoms with Gasteiger partial charge in [-0.3, -0.25) is 0 Å². The van der Waals surface area contributed by atoms with Gasteiger partial charge in [0, 0.05) is 22.5 Å². The molecule has 2 saturated carbocycles. The summed E-state index contributed by atoms with van der Waals surface area (Å²) in [6, 6.07) is 12.6. The number of fused-ring (bicyclic) bond motifs is 1. The van der Waals surface area contributed by atoms with E-state index < -0.39 is 0 Å². The predicted molar refractivity (Wildman–Crippen MR) is 78.5 cm³/mol. The molecule has 0 aliphatic heterocycles. The van der Waals surface area contributed by atoms with Crippen molar-refractivity contribution in [2.45, 2.75) is 31.7 Å². The highest BCUT2D eigenvalue weighted by atomic mass is 16.3. The summed E-state index contributed by atoms with van der Waals surface area (Å²) < 4.78 is 0. The van der Waals surface area contributed by atoms with Gasteiger partial charge in [0.05, 0.1) is 0 Å². The molecular formula is C17H19NO. The SMILES string of the molecule is Oc1cccc2c(NC(C3CC3)C3CC3)cccc12. The van der Waals surface area contributed by atoms with E-state index in [0.717, 1.165) is 22.6 Å². The quantitative estimate of drug-likeness (QED) is 0.858. The molecule has 0 spiro atoms. The van der Waals surface area contributed by atoms with E-state index in [2.05, 4.69) is 17.4 Å². The van der Waals surface area contributed by atoms with Gasteiger partial charge in [-0.2, -0.15) is 0 Å². The molecule has 2 heteroatoms. The zero-order valence-corrected chi connectivity index (χ0v) is 11.0. The Morgan fingerprint density at radius 2 is 1.53 bits per heavy atom. The molecule has 2 aromatic rings. The first-order chi connectivity index (χ1) is 9.33. The summed E-state index contributed by atoms with van der Waals surface area (Å²) in [5, 5.41) is 15.8. The van der Waals surface area contributed by atoms with E-state index in [-0.39, 0.29) is 0 Å². The van der Waals surface area contributed by atoms with Crippen molar-refractivity contribution in [3.05, 3.63) is 36.4 Å². The predicted octanol–water partition coefficient (Wildman–Crippen LogP) is 4.15. The van der Waals surface area contributed by atoms with Gasteiger partial charge in [-0.15, -0.1) is 0 Å². The third-order valence-electron chi connectivity index (χ3n) is 4.48. The van der Waals surface area contributed by atoms with Crippen LogP contribution in [0.25, 0.3) is 10.8 Å². The molecule has 4 rings (SSSR count). The fraction of sp³-hybridized carbons (Fsp3) is 0.412. The minimum atomic E-state index is 0.371. The van der Waals surface area contributed by atoms with Crippen molar-refractivity contribution in [3.63, 3.8) is 0 Å². The Kier molecular flexibility index (Phi) is 2.44. The molecule has 19 heavy (non-hydrogen) atoms. The highest BCUT2D eigenvalue weighted by Crippen LogP contribution is 2.46. The summed E-state index contributed by atoms with van der Waals surface area (Å²) in [7, 11) is 0. The first-order valence-corrected chi connectivity index (χ1v) is 7.30. The third kappa shape index (κ3) is 2.05. The Morgan fingerprint density at radius 1 is 0.895 bits per heavy atom. The van der Waals surface area contributed by atoms with Crippen LogP contribution in [0.1, 0.15) is 25.7 Å². The number of hydrogen-bond donors (Lipinski definition) is 2. The van der Waals surface area contributed by atoms with Crippen molar-refractivity contribution >= 4 is 16.5 Å². The zero-order valence-electron chi connectivity index (χ0n) is 11.0. The Balaban J connectivity index is 1.72. The first kappa shape index (κ1) is 11.2. The molecule has 0 atom stereocenters. The fourth-order valence-corrected chi connectivity index (χ4v) is 3.13. The average Bonchev–Trinajstić information content (AvgIpc) is 3.28. The summed E-state index contributed by atoms with van der Waals surface area (Å²) in [5.41, 5.74) is 1.18. The number of phenols is 1. The molecule has 0 bridgehead atoms. The molecule has 2 aliphatic carbocycles. The monoisotopic (exact) mass is 253 g/mol. The average molecular weight is 253 g/mol. The molecule has 2 N–H and O–H groups in total. The van der Waals surface area contributed by atoms with Crippen molar-refractivity contribution in [1.29, 1.82) is 0 Å². The third-order valence-corrected chi connectivity index (χ3v) is 4.48. The van der Waals surface area contributed by atoms with Crippen molar-refractivity contribution in [2.24, 2.45) is 11.8 Å². The van der Waals surface area contributed by atoms with Crippen LogP contribution < -0.4 is 5.32 Å². The van der Waals surface area contributed by atoms with Gasteiger partial charge >= 0.3 is 0 Å². The number of rotatable bonds is 4. The first-order valence-electron chi connectivity index (χ1n) is 7.30. The lowest BCUT2D eigenvalue weighted by Crippen LogP contribution is -2.24. The van der Waals surface area contributed by atoms with E-state index >= 15 is 0 Å². The molecule has 0 saturated heterocycles. The molecule has 2 fully saturated rings. The highest BCUT2D eigenvalue weighted by Gasteiger charge is 2.41. The Labute approximate surface area is 113 Å². The van der Waals surface area contributed by atoms with Gasteiger partial charge in [0.1, 0.15) is 5.75 Å². The lowest BCUT2D eigenvalue weighted by molar-refractivity contribution is 0.481. The largest absolute Gasteiger partial charge is 0.507 e. The van der Waals surface area contributed by atoms with E-state index in [1.165, 1.54) is 31.4 Å². The van der Waals surface area contributed by atoms with Crippen molar-refractivity contribution < 1.29 is 5.11 Å². The number of anilines is 1. The molecule has 0 unspecified atom stereocenters. The summed E-state index contributed by atoms with van der Waals surface area (Å²) in [6.07, 6.45) is 5.52. The molecule has 0 radical (unpaired) electrons. The van der Waals surface area contributed by atoms with Gasteiger partial charge in [-0.1, -0.05) is 24.3 Å². The van der Waals surface area contributed by atoms with E-state index in [1.54, 1.807) is 6.07 Å². The minimum absolute atomic E-state index is 0.371. The van der Waals surface area contributed by atoms with Crippen LogP contribution in [0.3, 0.4) is 0 Å². The van der Waals surface area contributed by atoms with E-state index in [9.17, 15) is 5.11 Å². The second-order valence-electron chi connectivity index (χ2n) is 6.02. The number of phenolic OH excluding ortho intramolecular Hbond substituents is 1. The number of benzene rings is 2. The number of nitrogens with one attached hydrogen (secondary N) is 1. The van der Waals surface area contributed by atoms with Crippen LogP contribution in [0.15, 0.2) is 36.4 Å². The maximum absolute atomic E-state index is 9.95. The van der Waals surface area contributed by atoms with Crippen molar-refractivity contribution in [1.82, 2.24) is 0 Å². The lowest BCUT2D eigenvalue weighted by atomic mass is 10.0. The molecular weight excluding hydrogens is 234 g/mol. The van der Waals surface area contributed by atoms with Crippen LogP contribution in [0.4, 0.5) is 5.69 Å². The summed E-state index contributed by atoms with van der Waals surface area (Å²) in [6.45, 7) is 0. The van der Waals surface area contributed by atoms with Gasteiger partial charge in [-0.25, -0.2) is 0 Å². The minimum Gasteiger partial charge on any atom is -0.507 e.